The van der Waals surface area contributed by atoms with Crippen molar-refractivity contribution in [3.8, 4) is 5.75 Å². The zero-order chi connectivity index (χ0) is 45.4. The van der Waals surface area contributed by atoms with Gasteiger partial charge >= 0.3 is 0 Å². The van der Waals surface area contributed by atoms with E-state index >= 15 is 0 Å². The predicted molar refractivity (Wildman–Crippen MR) is 225 cm³/mol. The van der Waals surface area contributed by atoms with Gasteiger partial charge in [-0.15, -0.1) is 15.3 Å². The molecule has 0 saturated carbocycles. The molecule has 0 bridgehead atoms. The minimum atomic E-state index is -5.33. The van der Waals surface area contributed by atoms with Crippen molar-refractivity contribution in [2.45, 2.75) is 19.6 Å². The topological polar surface area (TPSA) is 390 Å². The molecular weight excluding hydrogens is 895 g/mol. The van der Waals surface area contributed by atoms with Crippen LogP contribution in [-0.4, -0.2) is 57.0 Å². The summed E-state index contributed by atoms with van der Waals surface area (Å²) in [5.41, 5.74) is 15.3. The molecule has 22 nitrogen and oxygen atoms in total. The number of azo groups is 3. The number of hydrogen-bond donors (Lipinski definition) is 8. The average molecular weight is 924 g/mol. The van der Waals surface area contributed by atoms with Gasteiger partial charge in [-0.25, -0.2) is 0 Å². The second kappa shape index (κ2) is 16.8. The maximum Gasteiger partial charge on any atom is 0.298 e. The van der Waals surface area contributed by atoms with E-state index in [2.05, 4.69) is 30.7 Å². The number of phenolic OH excluding ortho intramolecular Hbond substituents is 1. The summed E-state index contributed by atoms with van der Waals surface area (Å²) in [5, 5.41) is 33.4. The second-order valence-electron chi connectivity index (χ2n) is 12.7. The predicted octanol–water partition coefficient (Wildman–Crippen LogP) is 7.70. The van der Waals surface area contributed by atoms with Gasteiger partial charge in [-0.1, -0.05) is 42.5 Å². The first kappa shape index (κ1) is 44.5. The third-order valence-electron chi connectivity index (χ3n) is 8.47. The van der Waals surface area contributed by atoms with E-state index in [1.807, 2.05) is 0 Å². The summed E-state index contributed by atoms with van der Waals surface area (Å²) in [7, 11) is -20.5. The number of anilines is 3. The lowest BCUT2D eigenvalue weighted by Crippen LogP contribution is -2.06. The second-order valence-corrected chi connectivity index (χ2v) is 18.3. The maximum atomic E-state index is 12.6. The van der Waals surface area contributed by atoms with Crippen LogP contribution in [0.2, 0.25) is 0 Å². The van der Waals surface area contributed by atoms with Crippen LogP contribution in [0, 0.1) is 0 Å². The number of rotatable bonds is 12. The van der Waals surface area contributed by atoms with Crippen LogP contribution in [0.15, 0.2) is 147 Å². The molecule has 11 N–H and O–H groups in total. The van der Waals surface area contributed by atoms with Gasteiger partial charge in [-0.05, 0) is 77.9 Å². The molecule has 0 radical (unpaired) electrons. The number of benzene rings is 6. The molecule has 0 unspecified atom stereocenters. The van der Waals surface area contributed by atoms with Crippen molar-refractivity contribution < 1.29 is 57.0 Å². The normalized spacial score (nSPS) is 13.0. The minimum absolute atomic E-state index is 0.0308. The van der Waals surface area contributed by atoms with Gasteiger partial charge in [0, 0.05) is 16.5 Å². The van der Waals surface area contributed by atoms with Crippen molar-refractivity contribution in [1.29, 1.82) is 0 Å². The number of phenols is 1. The van der Waals surface area contributed by atoms with Crippen molar-refractivity contribution >= 4 is 115 Å². The SMILES string of the molecule is Nc1ccc(N=Nc2ccc(/C=C/c3ccc(N=Nc4cc5c(O)c(N=Nc6ccccc6)c(S(=O)(=O)O)cc5c(N)c4S(=O)(=O)O)cc3S(=O)(=O)O)c(S(=O)(=O)O)c2)c(N)c1. The molecule has 0 atom stereocenters. The van der Waals surface area contributed by atoms with Crippen LogP contribution >= 0.6 is 0 Å². The first-order chi connectivity index (χ1) is 28.9. The smallest absolute Gasteiger partial charge is 0.298 e. The van der Waals surface area contributed by atoms with Gasteiger partial charge < -0.3 is 22.3 Å². The Hall–Kier alpha value is -7.04. The third kappa shape index (κ3) is 9.94. The largest absolute Gasteiger partial charge is 0.505 e. The number of nitrogens with two attached hydrogens (primary N) is 3. The fourth-order valence-electron chi connectivity index (χ4n) is 5.68. The number of nitrogens with zero attached hydrogens (tertiary/aromatic N) is 6. The van der Waals surface area contributed by atoms with Crippen LogP contribution in [-0.2, 0) is 40.5 Å². The lowest BCUT2D eigenvalue weighted by molar-refractivity contribution is 0.472. The number of aromatic hydroxyl groups is 1. The van der Waals surface area contributed by atoms with Gasteiger partial charge in [0.2, 0.25) is 0 Å². The Kier molecular flexibility index (Phi) is 12.0. The lowest BCUT2D eigenvalue weighted by Gasteiger charge is -2.14. The summed E-state index contributed by atoms with van der Waals surface area (Å²) in [6.45, 7) is 0. The van der Waals surface area contributed by atoms with Gasteiger partial charge in [0.1, 0.15) is 36.6 Å². The molecule has 26 heteroatoms. The molecule has 62 heavy (non-hydrogen) atoms. The summed E-state index contributed by atoms with van der Waals surface area (Å²) in [5.74, 6) is -0.982. The van der Waals surface area contributed by atoms with E-state index in [0.29, 0.717) is 11.8 Å². The van der Waals surface area contributed by atoms with Crippen molar-refractivity contribution in [2.24, 2.45) is 30.7 Å². The van der Waals surface area contributed by atoms with Gasteiger partial charge in [0.05, 0.1) is 28.4 Å². The molecule has 0 fully saturated rings. The maximum absolute atomic E-state index is 12.6. The standard InChI is InChI=1S/C36H29N9O13S4/c37-21-10-13-28(27(38)14-21)43-41-23-11-8-19(30(15-23)59(47,48)49)6-7-20-9-12-24(16-31(20)60(50,51)52)42-44-29-17-26-25(33(39)36(29)62(56,57)58)18-32(61(53,54)55)34(35(26)46)45-40-22-4-2-1-3-5-22/h1-18,46H,37-39H2,(H,47,48,49)(H,50,51,52)(H,53,54,55)(H,56,57,58)/b7-6+,43-41?,44-42?,45-40?. The molecule has 0 amide bonds. The van der Waals surface area contributed by atoms with Gasteiger partial charge in [-0.3, -0.25) is 18.2 Å². The minimum Gasteiger partial charge on any atom is -0.505 e. The molecule has 0 aromatic heterocycles. The molecule has 320 valence electrons. The van der Waals surface area contributed by atoms with E-state index in [-0.39, 0.29) is 39.6 Å². The van der Waals surface area contributed by atoms with E-state index in [0.717, 1.165) is 42.5 Å². The number of nitrogen functional groups attached to an aromatic ring is 3. The molecule has 6 rings (SSSR count). The van der Waals surface area contributed by atoms with Crippen LogP contribution < -0.4 is 17.2 Å². The monoisotopic (exact) mass is 923 g/mol. The highest BCUT2D eigenvalue weighted by Gasteiger charge is 2.28. The zero-order valence-corrected chi connectivity index (χ0v) is 34.2. The van der Waals surface area contributed by atoms with Crippen molar-refractivity contribution in [3.05, 3.63) is 108 Å². The van der Waals surface area contributed by atoms with E-state index in [9.17, 15) is 57.0 Å². The van der Waals surface area contributed by atoms with Crippen LogP contribution in [0.5, 0.6) is 5.75 Å². The molecule has 6 aromatic carbocycles. The molecule has 0 spiro atoms. The van der Waals surface area contributed by atoms with Crippen molar-refractivity contribution in [1.82, 2.24) is 0 Å². The average Bonchev–Trinajstić information content (AvgIpc) is 3.17. The summed E-state index contributed by atoms with van der Waals surface area (Å²) < 4.78 is 140. The highest BCUT2D eigenvalue weighted by atomic mass is 32.2. The number of hydrogen-bond acceptors (Lipinski definition) is 18. The van der Waals surface area contributed by atoms with Crippen LogP contribution in [0.1, 0.15) is 11.1 Å². The Labute approximate surface area is 351 Å². The first-order valence-electron chi connectivity index (χ1n) is 16.9. The summed E-state index contributed by atoms with van der Waals surface area (Å²) in [4.78, 5) is -3.66. The van der Waals surface area contributed by atoms with Gasteiger partial charge in [-0.2, -0.15) is 49.0 Å². The molecule has 0 heterocycles. The molecule has 0 aliphatic heterocycles. The van der Waals surface area contributed by atoms with Gasteiger partial charge in [0.15, 0.2) is 5.75 Å². The highest BCUT2D eigenvalue weighted by molar-refractivity contribution is 7.86. The number of fused-ring (bicyclic) bond motifs is 1. The van der Waals surface area contributed by atoms with Crippen LogP contribution in [0.4, 0.5) is 51.2 Å². The zero-order valence-electron chi connectivity index (χ0n) is 30.9. The molecular formula is C36H29N9O13S4. The summed E-state index contributed by atoms with van der Waals surface area (Å²) >= 11 is 0. The Morgan fingerprint density at radius 3 is 1.48 bits per heavy atom. The van der Waals surface area contributed by atoms with E-state index in [4.69, 9.17) is 17.2 Å². The van der Waals surface area contributed by atoms with Crippen molar-refractivity contribution in [3.63, 3.8) is 0 Å². The summed E-state index contributed by atoms with van der Waals surface area (Å²) in [6.07, 6.45) is 2.16. The van der Waals surface area contributed by atoms with Crippen LogP contribution in [0.25, 0.3) is 22.9 Å². The van der Waals surface area contributed by atoms with Crippen molar-refractivity contribution in [2.75, 3.05) is 17.2 Å². The Bertz CT molecular complexity index is 3400. The first-order valence-corrected chi connectivity index (χ1v) is 22.6. The molecule has 6 aromatic rings. The fraction of sp³-hybridized carbons (Fsp3) is 0. The van der Waals surface area contributed by atoms with E-state index < -0.39 is 93.6 Å². The Morgan fingerprint density at radius 1 is 0.468 bits per heavy atom. The molecule has 0 saturated heterocycles. The quantitative estimate of drug-likeness (QED) is 0.0252. The highest BCUT2D eigenvalue weighted by Crippen LogP contribution is 2.47. The summed E-state index contributed by atoms with van der Waals surface area (Å²) in [6, 6.07) is 20.2. The molecule has 0 aliphatic rings. The lowest BCUT2D eigenvalue weighted by atomic mass is 10.1. The van der Waals surface area contributed by atoms with E-state index in [1.54, 1.807) is 18.2 Å². The Balaban J connectivity index is 1.41. The molecule has 0 aliphatic carbocycles. The van der Waals surface area contributed by atoms with Crippen LogP contribution in [0.3, 0.4) is 0 Å². The fourth-order valence-corrected chi connectivity index (χ4v) is 8.49. The Morgan fingerprint density at radius 2 is 0.984 bits per heavy atom. The van der Waals surface area contributed by atoms with Gasteiger partial charge in [0.25, 0.3) is 40.5 Å². The third-order valence-corrected chi connectivity index (χ3v) is 12.1. The van der Waals surface area contributed by atoms with E-state index in [1.165, 1.54) is 42.5 Å².